The van der Waals surface area contributed by atoms with Gasteiger partial charge in [-0.15, -0.1) is 0 Å². The first-order valence-electron chi connectivity index (χ1n) is 7.40. The molecule has 114 valence electrons. The summed E-state index contributed by atoms with van der Waals surface area (Å²) >= 11 is 0. The fraction of sp³-hybridized carbons (Fsp3) is 0.733. The molecule has 1 N–H and O–H groups in total. The lowest BCUT2D eigenvalue weighted by molar-refractivity contribution is 0.324. The summed E-state index contributed by atoms with van der Waals surface area (Å²) in [5.41, 5.74) is 0. The summed E-state index contributed by atoms with van der Waals surface area (Å²) in [5.74, 6) is 2.90. The molecular weight excluding hydrogens is 252 g/mol. The molecule has 0 saturated heterocycles. The highest BCUT2D eigenvalue weighted by molar-refractivity contribution is 5.38. The third-order valence-electron chi connectivity index (χ3n) is 2.72. The topological polar surface area (TPSA) is 50.3 Å². The van der Waals surface area contributed by atoms with E-state index >= 15 is 0 Å². The van der Waals surface area contributed by atoms with Crippen LogP contribution in [0.15, 0.2) is 6.07 Å². The van der Waals surface area contributed by atoms with Gasteiger partial charge in [0.05, 0.1) is 6.61 Å². The molecule has 0 aliphatic heterocycles. The van der Waals surface area contributed by atoms with Crippen LogP contribution in [0.4, 0.5) is 5.82 Å². The molecule has 1 heterocycles. The molecule has 5 heteroatoms. The molecule has 0 atom stereocenters. The summed E-state index contributed by atoms with van der Waals surface area (Å²) in [6.45, 7) is 8.89. The second kappa shape index (κ2) is 8.74. The van der Waals surface area contributed by atoms with Crippen LogP contribution < -0.4 is 10.1 Å². The Morgan fingerprint density at radius 3 is 2.65 bits per heavy atom. The molecule has 0 saturated carbocycles. The Balaban J connectivity index is 2.65. The summed E-state index contributed by atoms with van der Waals surface area (Å²) in [7, 11) is 4.16. The van der Waals surface area contributed by atoms with Crippen molar-refractivity contribution in [3.05, 3.63) is 11.9 Å². The summed E-state index contributed by atoms with van der Waals surface area (Å²) < 4.78 is 5.51. The zero-order valence-corrected chi connectivity index (χ0v) is 13.4. The van der Waals surface area contributed by atoms with E-state index in [2.05, 4.69) is 48.1 Å². The van der Waals surface area contributed by atoms with Crippen molar-refractivity contribution in [3.8, 4) is 5.88 Å². The van der Waals surface area contributed by atoms with E-state index < -0.39 is 0 Å². The first-order chi connectivity index (χ1) is 9.51. The van der Waals surface area contributed by atoms with Crippen molar-refractivity contribution in [1.82, 2.24) is 14.9 Å². The molecule has 0 radical (unpaired) electrons. The lowest BCUT2D eigenvalue weighted by Gasteiger charge is -2.12. The van der Waals surface area contributed by atoms with Gasteiger partial charge in [0.15, 0.2) is 0 Å². The van der Waals surface area contributed by atoms with Crippen molar-refractivity contribution in [2.75, 3.05) is 39.1 Å². The Hall–Kier alpha value is -1.36. The fourth-order valence-corrected chi connectivity index (χ4v) is 1.85. The molecule has 0 spiro atoms. The van der Waals surface area contributed by atoms with Crippen molar-refractivity contribution in [2.24, 2.45) is 5.92 Å². The zero-order valence-electron chi connectivity index (χ0n) is 13.4. The molecule has 0 aromatic carbocycles. The van der Waals surface area contributed by atoms with E-state index in [4.69, 9.17) is 4.74 Å². The van der Waals surface area contributed by atoms with Gasteiger partial charge in [-0.25, -0.2) is 4.98 Å². The summed E-state index contributed by atoms with van der Waals surface area (Å²) in [6, 6.07) is 1.88. The van der Waals surface area contributed by atoms with Crippen LogP contribution in [0, 0.1) is 5.92 Å². The molecule has 1 rings (SSSR count). The van der Waals surface area contributed by atoms with Crippen LogP contribution in [0.2, 0.25) is 0 Å². The Labute approximate surface area is 122 Å². The monoisotopic (exact) mass is 280 g/mol. The molecule has 20 heavy (non-hydrogen) atoms. The van der Waals surface area contributed by atoms with Gasteiger partial charge in [0.1, 0.15) is 11.6 Å². The number of nitrogens with zero attached hydrogens (tertiary/aromatic N) is 3. The largest absolute Gasteiger partial charge is 0.478 e. The van der Waals surface area contributed by atoms with E-state index in [0.717, 1.165) is 37.6 Å². The average molecular weight is 280 g/mol. The van der Waals surface area contributed by atoms with Gasteiger partial charge in [-0.05, 0) is 39.9 Å². The minimum atomic E-state index is 0.536. The molecule has 0 amide bonds. The normalized spacial score (nSPS) is 11.2. The second-order valence-corrected chi connectivity index (χ2v) is 5.62. The molecule has 1 aromatic heterocycles. The Bertz CT molecular complexity index is 393. The minimum absolute atomic E-state index is 0.536. The van der Waals surface area contributed by atoms with E-state index in [0.29, 0.717) is 18.4 Å². The highest BCUT2D eigenvalue weighted by Crippen LogP contribution is 2.15. The van der Waals surface area contributed by atoms with Crippen LogP contribution >= 0.6 is 0 Å². The number of nitrogens with one attached hydrogen (secondary N) is 1. The van der Waals surface area contributed by atoms with Gasteiger partial charge >= 0.3 is 0 Å². The van der Waals surface area contributed by atoms with E-state index in [1.54, 1.807) is 0 Å². The lowest BCUT2D eigenvalue weighted by atomic mass is 10.1. The van der Waals surface area contributed by atoms with Gasteiger partial charge in [-0.3, -0.25) is 0 Å². The summed E-state index contributed by atoms with van der Waals surface area (Å²) in [6.07, 6.45) is 1.95. The standard InChI is InChI=1S/C15H28N4O/c1-6-20-15-11-13(16-8-7-9-19(4)5)17-14(18-15)10-12(2)3/h11-12H,6-10H2,1-5H3,(H,16,17,18). The SMILES string of the molecule is CCOc1cc(NCCCN(C)C)nc(CC(C)C)n1. The maximum Gasteiger partial charge on any atom is 0.218 e. The van der Waals surface area contributed by atoms with Crippen LogP contribution in [0.1, 0.15) is 33.0 Å². The number of aromatic nitrogens is 2. The Kier molecular flexibility index (Phi) is 7.30. The second-order valence-electron chi connectivity index (χ2n) is 5.62. The summed E-state index contributed by atoms with van der Waals surface area (Å²) in [4.78, 5) is 11.2. The maximum atomic E-state index is 5.51. The fourth-order valence-electron chi connectivity index (χ4n) is 1.85. The highest BCUT2D eigenvalue weighted by Gasteiger charge is 2.07. The van der Waals surface area contributed by atoms with Gasteiger partial charge in [-0.1, -0.05) is 13.8 Å². The molecule has 0 bridgehead atoms. The first kappa shape index (κ1) is 16.7. The zero-order chi connectivity index (χ0) is 15.0. The van der Waals surface area contributed by atoms with E-state index in [9.17, 15) is 0 Å². The molecule has 0 unspecified atom stereocenters. The minimum Gasteiger partial charge on any atom is -0.478 e. The third kappa shape index (κ3) is 6.70. The van der Waals surface area contributed by atoms with Crippen LogP contribution in [-0.4, -0.2) is 48.7 Å². The van der Waals surface area contributed by atoms with Crippen LogP contribution in [0.3, 0.4) is 0 Å². The third-order valence-corrected chi connectivity index (χ3v) is 2.72. The first-order valence-corrected chi connectivity index (χ1v) is 7.40. The van der Waals surface area contributed by atoms with Crippen LogP contribution in [-0.2, 0) is 6.42 Å². The van der Waals surface area contributed by atoms with Crippen molar-refractivity contribution < 1.29 is 4.74 Å². The van der Waals surface area contributed by atoms with Crippen LogP contribution in [0.5, 0.6) is 5.88 Å². The number of ether oxygens (including phenoxy) is 1. The van der Waals surface area contributed by atoms with Crippen molar-refractivity contribution >= 4 is 5.82 Å². The number of rotatable bonds is 9. The Morgan fingerprint density at radius 2 is 2.05 bits per heavy atom. The smallest absolute Gasteiger partial charge is 0.218 e. The maximum absolute atomic E-state index is 5.51. The van der Waals surface area contributed by atoms with Gasteiger partial charge in [0, 0.05) is 19.0 Å². The number of hydrogen-bond acceptors (Lipinski definition) is 5. The molecule has 0 aliphatic carbocycles. The lowest BCUT2D eigenvalue weighted by Crippen LogP contribution is -2.17. The molecule has 0 aliphatic rings. The van der Waals surface area contributed by atoms with Gasteiger partial charge in [0.25, 0.3) is 0 Å². The number of hydrogen-bond donors (Lipinski definition) is 1. The van der Waals surface area contributed by atoms with Crippen molar-refractivity contribution in [2.45, 2.75) is 33.6 Å². The highest BCUT2D eigenvalue weighted by atomic mass is 16.5. The summed E-state index contributed by atoms with van der Waals surface area (Å²) in [5, 5.41) is 3.35. The quantitative estimate of drug-likeness (QED) is 0.704. The average Bonchev–Trinajstić information content (AvgIpc) is 2.34. The van der Waals surface area contributed by atoms with Gasteiger partial charge in [-0.2, -0.15) is 4.98 Å². The molecular formula is C15H28N4O. The predicted octanol–water partition coefficient (Wildman–Crippen LogP) is 2.44. The predicted molar refractivity (Wildman–Crippen MR) is 83.4 cm³/mol. The van der Waals surface area contributed by atoms with Gasteiger partial charge < -0.3 is 15.0 Å². The Morgan fingerprint density at radius 1 is 1.30 bits per heavy atom. The van der Waals surface area contributed by atoms with E-state index in [1.807, 2.05) is 13.0 Å². The van der Waals surface area contributed by atoms with Crippen molar-refractivity contribution in [3.63, 3.8) is 0 Å². The molecule has 1 aromatic rings. The van der Waals surface area contributed by atoms with Crippen LogP contribution in [0.25, 0.3) is 0 Å². The van der Waals surface area contributed by atoms with Gasteiger partial charge in [0.2, 0.25) is 5.88 Å². The molecule has 0 fully saturated rings. The van der Waals surface area contributed by atoms with Crippen molar-refractivity contribution in [1.29, 1.82) is 0 Å². The number of anilines is 1. The molecule has 5 nitrogen and oxygen atoms in total. The van der Waals surface area contributed by atoms with E-state index in [-0.39, 0.29) is 0 Å². The van der Waals surface area contributed by atoms with E-state index in [1.165, 1.54) is 0 Å².